The summed E-state index contributed by atoms with van der Waals surface area (Å²) in [6.07, 6.45) is 3.81. The second-order valence-corrected chi connectivity index (χ2v) is 7.50. The van der Waals surface area contributed by atoms with E-state index in [9.17, 15) is 0 Å². The monoisotopic (exact) mass is 330 g/mol. The Balaban J connectivity index is 2.03. The molecule has 0 fully saturated rings. The summed E-state index contributed by atoms with van der Waals surface area (Å²) in [5, 5.41) is 3.32. The van der Waals surface area contributed by atoms with Crippen LogP contribution in [-0.4, -0.2) is 10.1 Å². The maximum atomic E-state index is 4.56. The molecule has 1 heterocycles. The van der Waals surface area contributed by atoms with Crippen LogP contribution in [0.5, 0.6) is 0 Å². The van der Waals surface area contributed by atoms with Crippen LogP contribution in [-0.2, 0) is 12.5 Å². The highest BCUT2D eigenvalue weighted by atomic mass is 15.3. The number of nitrogens with one attached hydrogen (secondary N) is 1. The first-order valence-electron chi connectivity index (χ1n) is 8.75. The molecule has 1 aliphatic carbocycles. The number of aryl methyl sites for hydroxylation is 1. The Morgan fingerprint density at radius 3 is 2.56 bits per heavy atom. The number of nitrogens with zero attached hydrogens (tertiary/aromatic N) is 2. The quantitative estimate of drug-likeness (QED) is 0.557. The number of hydrogen-bond donors (Lipinski definition) is 1. The molecule has 3 heteroatoms. The van der Waals surface area contributed by atoms with Gasteiger partial charge in [-0.15, -0.1) is 6.58 Å². The summed E-state index contributed by atoms with van der Waals surface area (Å²) in [4.78, 5) is 4.56. The van der Waals surface area contributed by atoms with Gasteiger partial charge in [0.25, 0.3) is 5.82 Å². The van der Waals surface area contributed by atoms with Crippen molar-refractivity contribution in [2.45, 2.75) is 32.1 Å². The smallest absolute Gasteiger partial charge is 0.187 e. The minimum atomic E-state index is -0.00853. The van der Waals surface area contributed by atoms with E-state index in [1.807, 2.05) is 24.1 Å². The zero-order valence-corrected chi connectivity index (χ0v) is 15.3. The molecule has 1 N–H and O–H groups in total. The molecular formula is C22H24N3+. The summed E-state index contributed by atoms with van der Waals surface area (Å²) in [7, 11) is 1.96. The predicted octanol–water partition coefficient (Wildman–Crippen LogP) is 4.50. The number of rotatable bonds is 3. The van der Waals surface area contributed by atoms with Gasteiger partial charge in [0.15, 0.2) is 0 Å². The molecule has 3 aromatic rings. The van der Waals surface area contributed by atoms with Crippen LogP contribution in [0.1, 0.15) is 43.4 Å². The zero-order valence-electron chi connectivity index (χ0n) is 15.3. The lowest BCUT2D eigenvalue weighted by Crippen LogP contribution is -2.28. The molecule has 1 atom stereocenters. The van der Waals surface area contributed by atoms with Crippen LogP contribution in [0, 0.1) is 0 Å². The van der Waals surface area contributed by atoms with E-state index in [1.54, 1.807) is 0 Å². The molecule has 2 aromatic carbocycles. The van der Waals surface area contributed by atoms with Gasteiger partial charge in [0.1, 0.15) is 7.05 Å². The van der Waals surface area contributed by atoms with Crippen LogP contribution in [0.4, 0.5) is 0 Å². The Labute approximate surface area is 149 Å². The largest absolute Gasteiger partial charge is 0.307 e. The van der Waals surface area contributed by atoms with Crippen LogP contribution in [0.2, 0.25) is 0 Å². The van der Waals surface area contributed by atoms with Gasteiger partial charge in [-0.2, -0.15) is 9.78 Å². The second kappa shape index (κ2) is 5.41. The van der Waals surface area contributed by atoms with Crippen molar-refractivity contribution in [3.63, 3.8) is 0 Å². The fraction of sp³-hybridized carbons (Fsp3) is 0.273. The fourth-order valence-electron chi connectivity index (χ4n) is 3.97. The lowest BCUT2D eigenvalue weighted by molar-refractivity contribution is -0.727. The molecule has 25 heavy (non-hydrogen) atoms. The number of allylic oxidation sites excluding steroid dienone is 1. The number of aromatic amines is 1. The molecule has 0 amide bonds. The number of H-pyrrole nitrogens is 1. The molecule has 0 saturated heterocycles. The SMILES string of the molecule is C=CC(C)c1cc2c(cc1-c1nc[n+](C)[nH]1)C(C)(C)c1ccccc1-2. The minimum Gasteiger partial charge on any atom is -0.187 e. The molecule has 0 radical (unpaired) electrons. The van der Waals surface area contributed by atoms with Crippen molar-refractivity contribution in [1.29, 1.82) is 0 Å². The fourth-order valence-corrected chi connectivity index (χ4v) is 3.97. The van der Waals surface area contributed by atoms with Crippen molar-refractivity contribution in [3.8, 4) is 22.5 Å². The van der Waals surface area contributed by atoms with Crippen LogP contribution in [0.25, 0.3) is 22.5 Å². The number of aromatic nitrogens is 3. The van der Waals surface area contributed by atoms with Crippen molar-refractivity contribution < 1.29 is 4.68 Å². The first-order chi connectivity index (χ1) is 11.9. The van der Waals surface area contributed by atoms with Crippen molar-refractivity contribution in [3.05, 3.63) is 72.1 Å². The van der Waals surface area contributed by atoms with E-state index in [2.05, 4.69) is 73.8 Å². The maximum absolute atomic E-state index is 4.56. The summed E-state index contributed by atoms with van der Waals surface area (Å²) in [6, 6.07) is 13.4. The van der Waals surface area contributed by atoms with Crippen molar-refractivity contribution in [2.75, 3.05) is 0 Å². The van der Waals surface area contributed by atoms with Gasteiger partial charge in [0, 0.05) is 5.41 Å². The number of benzene rings is 2. The molecule has 0 aliphatic heterocycles. The van der Waals surface area contributed by atoms with Crippen LogP contribution < -0.4 is 4.68 Å². The standard InChI is InChI=1S/C22H23N3/c1-6-14(2)16-11-17-15-9-7-8-10-19(15)22(3,4)20(17)12-18(16)21-23-13-25(5)24-21/h6-14H,1H2,2-5H3/p+1. The van der Waals surface area contributed by atoms with E-state index in [0.717, 1.165) is 11.4 Å². The normalized spacial score (nSPS) is 15.5. The molecule has 0 bridgehead atoms. The minimum absolute atomic E-state index is 0.00853. The van der Waals surface area contributed by atoms with Gasteiger partial charge < -0.3 is 0 Å². The summed E-state index contributed by atoms with van der Waals surface area (Å²) in [5.41, 5.74) is 7.85. The molecule has 0 spiro atoms. The van der Waals surface area contributed by atoms with Gasteiger partial charge in [-0.1, -0.05) is 51.1 Å². The van der Waals surface area contributed by atoms with Gasteiger partial charge in [-0.05, 0) is 50.9 Å². The lowest BCUT2D eigenvalue weighted by atomic mass is 9.80. The Bertz CT molecular complexity index is 979. The highest BCUT2D eigenvalue weighted by Gasteiger charge is 2.36. The molecule has 1 aromatic heterocycles. The molecule has 126 valence electrons. The Kier molecular flexibility index (Phi) is 3.43. The summed E-state index contributed by atoms with van der Waals surface area (Å²) in [5.74, 6) is 1.16. The van der Waals surface area contributed by atoms with E-state index < -0.39 is 0 Å². The summed E-state index contributed by atoms with van der Waals surface area (Å²) in [6.45, 7) is 10.8. The number of hydrogen-bond acceptors (Lipinski definition) is 1. The molecule has 1 unspecified atom stereocenters. The van der Waals surface area contributed by atoms with Gasteiger partial charge >= 0.3 is 6.33 Å². The molecule has 3 nitrogen and oxygen atoms in total. The molecule has 0 saturated carbocycles. The van der Waals surface area contributed by atoms with E-state index >= 15 is 0 Å². The second-order valence-electron chi connectivity index (χ2n) is 7.50. The van der Waals surface area contributed by atoms with E-state index in [4.69, 9.17) is 0 Å². The molecular weight excluding hydrogens is 306 g/mol. The Hall–Kier alpha value is -2.68. The van der Waals surface area contributed by atoms with E-state index in [1.165, 1.54) is 27.8 Å². The Morgan fingerprint density at radius 1 is 1.12 bits per heavy atom. The van der Waals surface area contributed by atoms with Crippen molar-refractivity contribution >= 4 is 0 Å². The number of fused-ring (bicyclic) bond motifs is 3. The van der Waals surface area contributed by atoms with Gasteiger partial charge in [-0.3, -0.25) is 0 Å². The zero-order chi connectivity index (χ0) is 17.8. The first kappa shape index (κ1) is 15.8. The van der Waals surface area contributed by atoms with Crippen molar-refractivity contribution in [1.82, 2.24) is 10.1 Å². The predicted molar refractivity (Wildman–Crippen MR) is 101 cm³/mol. The van der Waals surface area contributed by atoms with E-state index in [-0.39, 0.29) is 11.3 Å². The topological polar surface area (TPSA) is 32.6 Å². The maximum Gasteiger partial charge on any atom is 0.307 e. The van der Waals surface area contributed by atoms with Crippen molar-refractivity contribution in [2.24, 2.45) is 7.05 Å². The lowest BCUT2D eigenvalue weighted by Gasteiger charge is -2.22. The highest BCUT2D eigenvalue weighted by molar-refractivity contribution is 5.84. The molecule has 4 rings (SSSR count). The van der Waals surface area contributed by atoms with Gasteiger partial charge in [-0.25, -0.2) is 0 Å². The average Bonchev–Trinajstić information content (AvgIpc) is 3.14. The third-order valence-corrected chi connectivity index (χ3v) is 5.50. The third kappa shape index (κ3) is 2.26. The third-order valence-electron chi connectivity index (χ3n) is 5.50. The summed E-state index contributed by atoms with van der Waals surface area (Å²) >= 11 is 0. The summed E-state index contributed by atoms with van der Waals surface area (Å²) < 4.78 is 1.88. The van der Waals surface area contributed by atoms with Crippen LogP contribution in [0.3, 0.4) is 0 Å². The first-order valence-corrected chi connectivity index (χ1v) is 8.75. The van der Waals surface area contributed by atoms with Gasteiger partial charge in [0.05, 0.1) is 5.56 Å². The van der Waals surface area contributed by atoms with Crippen LogP contribution in [0.15, 0.2) is 55.4 Å². The highest BCUT2D eigenvalue weighted by Crippen LogP contribution is 2.50. The van der Waals surface area contributed by atoms with Crippen LogP contribution >= 0.6 is 0 Å². The average molecular weight is 330 g/mol. The van der Waals surface area contributed by atoms with Gasteiger partial charge in [0.2, 0.25) is 0 Å². The Morgan fingerprint density at radius 2 is 1.88 bits per heavy atom. The van der Waals surface area contributed by atoms with E-state index in [0.29, 0.717) is 0 Å². The molecule has 1 aliphatic rings.